The highest BCUT2D eigenvalue weighted by atomic mass is 35.5. The van der Waals surface area contributed by atoms with E-state index < -0.39 is 11.9 Å². The Morgan fingerprint density at radius 3 is 2.50 bits per heavy atom. The fourth-order valence-corrected chi connectivity index (χ4v) is 4.15. The van der Waals surface area contributed by atoms with Gasteiger partial charge in [0.2, 0.25) is 5.91 Å². The topological polar surface area (TPSA) is 76.3 Å². The van der Waals surface area contributed by atoms with Crippen LogP contribution in [0.4, 0.5) is 4.79 Å². The van der Waals surface area contributed by atoms with E-state index in [9.17, 15) is 14.4 Å². The van der Waals surface area contributed by atoms with Crippen LogP contribution >= 0.6 is 11.6 Å². The molecule has 0 saturated carbocycles. The minimum atomic E-state index is -0.645. The highest BCUT2D eigenvalue weighted by molar-refractivity contribution is 6.31. The van der Waals surface area contributed by atoms with Gasteiger partial charge in [-0.25, -0.2) is 14.4 Å². The van der Waals surface area contributed by atoms with Crippen molar-refractivity contribution in [1.29, 1.82) is 0 Å². The molecule has 0 aliphatic carbocycles. The van der Waals surface area contributed by atoms with Gasteiger partial charge in [0, 0.05) is 31.3 Å². The van der Waals surface area contributed by atoms with Crippen molar-refractivity contribution < 1.29 is 19.0 Å². The van der Waals surface area contributed by atoms with E-state index in [1.165, 1.54) is 9.80 Å². The Morgan fingerprint density at radius 2 is 1.87 bits per heavy atom. The van der Waals surface area contributed by atoms with Crippen LogP contribution in [0.3, 0.4) is 0 Å². The highest BCUT2D eigenvalue weighted by Crippen LogP contribution is 2.25. The Kier molecular flexibility index (Phi) is 5.42. The molecule has 2 saturated heterocycles. The fraction of sp³-hybridized carbons (Fsp3) is 0.381. The molecule has 8 nitrogen and oxygen atoms in total. The summed E-state index contributed by atoms with van der Waals surface area (Å²) in [5.74, 6) is -0.452. The second kappa shape index (κ2) is 8.02. The Hall–Kier alpha value is -3.00. The lowest BCUT2D eigenvalue weighted by Gasteiger charge is -2.38. The average Bonchev–Trinajstić information content (AvgIpc) is 2.76. The second-order valence-corrected chi connectivity index (χ2v) is 7.98. The molecule has 0 radical (unpaired) electrons. The van der Waals surface area contributed by atoms with Gasteiger partial charge in [-0.05, 0) is 17.7 Å². The number of rotatable bonds is 2. The lowest BCUT2D eigenvalue weighted by atomic mass is 9.94. The molecule has 2 fully saturated rings. The third kappa shape index (κ3) is 3.63. The molecule has 9 heteroatoms. The van der Waals surface area contributed by atoms with Crippen LogP contribution in [-0.4, -0.2) is 81.9 Å². The van der Waals surface area contributed by atoms with Crippen LogP contribution in [0.25, 0.3) is 0 Å². The van der Waals surface area contributed by atoms with E-state index in [1.54, 1.807) is 49.3 Å². The largest absolute Gasteiger partial charge is 0.332 e. The van der Waals surface area contributed by atoms with E-state index in [2.05, 4.69) is 9.57 Å². The van der Waals surface area contributed by atoms with Crippen molar-refractivity contribution in [2.24, 2.45) is 10.9 Å². The van der Waals surface area contributed by atoms with Crippen LogP contribution in [0.2, 0.25) is 5.02 Å². The summed E-state index contributed by atoms with van der Waals surface area (Å²) in [4.78, 5) is 46.8. The van der Waals surface area contributed by atoms with Gasteiger partial charge in [0.05, 0.1) is 19.6 Å². The summed E-state index contributed by atoms with van der Waals surface area (Å²) in [7, 11) is 1.64. The number of amides is 4. The predicted octanol–water partition coefficient (Wildman–Crippen LogP) is 1.59. The number of carbonyl (C=O) groups is 3. The number of imide groups is 1. The summed E-state index contributed by atoms with van der Waals surface area (Å²) in [6, 6.07) is 6.68. The summed E-state index contributed by atoms with van der Waals surface area (Å²) in [5, 5.41) is 0.597. The maximum absolute atomic E-state index is 13.4. The van der Waals surface area contributed by atoms with Crippen molar-refractivity contribution >= 4 is 41.0 Å². The number of nitrogens with zero attached hydrogens (tertiary/aromatic N) is 5. The minimum Gasteiger partial charge on any atom is -0.330 e. The molecule has 1 unspecified atom stereocenters. The molecule has 156 valence electrons. The second-order valence-electron chi connectivity index (χ2n) is 7.55. The SMILES string of the molecule is CC(=O)N1CC[N+](=C2C=CN=C3C2C(=O)N(Cc2ccc(Cl)cc2)C(=O)N3C)CC1. The summed E-state index contributed by atoms with van der Waals surface area (Å²) >= 11 is 5.95. The third-order valence-corrected chi connectivity index (χ3v) is 5.98. The first kappa shape index (κ1) is 20.3. The van der Waals surface area contributed by atoms with Crippen LogP contribution in [0, 0.1) is 5.92 Å². The van der Waals surface area contributed by atoms with Crippen molar-refractivity contribution in [3.8, 4) is 0 Å². The molecule has 1 atom stereocenters. The van der Waals surface area contributed by atoms with Gasteiger partial charge in [0.15, 0.2) is 24.7 Å². The number of halogens is 1. The zero-order valence-corrected chi connectivity index (χ0v) is 17.7. The number of allylic oxidation sites excluding steroid dienone is 1. The van der Waals surface area contributed by atoms with Gasteiger partial charge < -0.3 is 4.90 Å². The first-order valence-corrected chi connectivity index (χ1v) is 10.2. The Morgan fingerprint density at radius 1 is 1.20 bits per heavy atom. The molecule has 4 rings (SSSR count). The van der Waals surface area contributed by atoms with Crippen LogP contribution < -0.4 is 0 Å². The monoisotopic (exact) mass is 428 g/mol. The number of piperazine rings is 1. The lowest BCUT2D eigenvalue weighted by molar-refractivity contribution is -0.538. The Balaban J connectivity index is 1.64. The number of carbonyl (C=O) groups excluding carboxylic acids is 3. The van der Waals surface area contributed by atoms with Crippen molar-refractivity contribution in [2.75, 3.05) is 33.2 Å². The highest BCUT2D eigenvalue weighted by Gasteiger charge is 2.48. The first-order valence-electron chi connectivity index (χ1n) is 9.82. The van der Waals surface area contributed by atoms with Gasteiger partial charge in [-0.2, -0.15) is 0 Å². The maximum atomic E-state index is 13.4. The maximum Gasteiger partial charge on any atom is 0.332 e. The third-order valence-electron chi connectivity index (χ3n) is 5.72. The normalized spacial score (nSPS) is 21.8. The molecule has 0 N–H and O–H groups in total. The molecule has 0 bridgehead atoms. The van der Waals surface area contributed by atoms with E-state index in [0.717, 1.165) is 11.3 Å². The average molecular weight is 429 g/mol. The van der Waals surface area contributed by atoms with Crippen LogP contribution in [0.5, 0.6) is 0 Å². The van der Waals surface area contributed by atoms with E-state index in [0.29, 0.717) is 37.0 Å². The molecule has 0 aromatic heterocycles. The van der Waals surface area contributed by atoms with Gasteiger partial charge in [0.1, 0.15) is 5.84 Å². The number of amidine groups is 1. The molecule has 3 aliphatic heterocycles. The zero-order valence-electron chi connectivity index (χ0n) is 16.9. The van der Waals surface area contributed by atoms with Gasteiger partial charge in [-0.3, -0.25) is 19.4 Å². The molecule has 3 heterocycles. The van der Waals surface area contributed by atoms with E-state index in [4.69, 9.17) is 11.6 Å². The molecule has 4 amide bonds. The van der Waals surface area contributed by atoms with Gasteiger partial charge in [-0.1, -0.05) is 23.7 Å². The van der Waals surface area contributed by atoms with Crippen molar-refractivity contribution in [1.82, 2.24) is 14.7 Å². The summed E-state index contributed by atoms with van der Waals surface area (Å²) in [5.41, 5.74) is 1.63. The molecule has 0 spiro atoms. The minimum absolute atomic E-state index is 0.0503. The fourth-order valence-electron chi connectivity index (χ4n) is 4.02. The summed E-state index contributed by atoms with van der Waals surface area (Å²) in [6.07, 6.45) is 3.46. The predicted molar refractivity (Wildman–Crippen MR) is 112 cm³/mol. The van der Waals surface area contributed by atoms with Crippen LogP contribution in [0.15, 0.2) is 41.5 Å². The van der Waals surface area contributed by atoms with Crippen LogP contribution in [-0.2, 0) is 16.1 Å². The molecule has 1 aromatic carbocycles. The summed E-state index contributed by atoms with van der Waals surface area (Å²) in [6.45, 7) is 4.19. The number of aliphatic imine (C=N–C) groups is 1. The van der Waals surface area contributed by atoms with Crippen LogP contribution in [0.1, 0.15) is 12.5 Å². The van der Waals surface area contributed by atoms with E-state index >= 15 is 0 Å². The van der Waals surface area contributed by atoms with E-state index in [1.807, 2.05) is 6.08 Å². The number of urea groups is 1. The smallest absolute Gasteiger partial charge is 0.330 e. The van der Waals surface area contributed by atoms with Crippen molar-refractivity contribution in [2.45, 2.75) is 13.5 Å². The quantitative estimate of drug-likeness (QED) is 0.671. The van der Waals surface area contributed by atoms with Crippen molar-refractivity contribution in [3.63, 3.8) is 0 Å². The zero-order chi connectivity index (χ0) is 21.4. The Bertz CT molecular complexity index is 988. The lowest BCUT2D eigenvalue weighted by Crippen LogP contribution is -2.61. The molecule has 1 aromatic rings. The number of benzene rings is 1. The molecule has 3 aliphatic rings. The number of fused-ring (bicyclic) bond motifs is 1. The standard InChI is InChI=1S/C21H23ClN5O3/c1-14(28)25-9-11-26(12-10-25)17-7-8-23-19-18(17)20(29)27(21(30)24(19)2)13-15-3-5-16(22)6-4-15/h3-8,18H,9-13H2,1-2H3/q+1. The van der Waals surface area contributed by atoms with Gasteiger partial charge in [0.25, 0.3) is 5.91 Å². The van der Waals surface area contributed by atoms with Crippen molar-refractivity contribution in [3.05, 3.63) is 47.1 Å². The summed E-state index contributed by atoms with van der Waals surface area (Å²) < 4.78 is 2.11. The first-order chi connectivity index (χ1) is 14.4. The number of hydrogen-bond acceptors (Lipinski definition) is 4. The van der Waals surface area contributed by atoms with Gasteiger partial charge in [-0.15, -0.1) is 0 Å². The van der Waals surface area contributed by atoms with E-state index in [-0.39, 0.29) is 18.4 Å². The molecular weight excluding hydrogens is 406 g/mol. The molecular formula is C21H23ClN5O3+. The number of hydrogen-bond donors (Lipinski definition) is 0. The Labute approximate surface area is 179 Å². The van der Waals surface area contributed by atoms with Gasteiger partial charge >= 0.3 is 6.03 Å². The molecule has 30 heavy (non-hydrogen) atoms.